The predicted octanol–water partition coefficient (Wildman–Crippen LogP) is 9.38. The van der Waals surface area contributed by atoms with E-state index in [1.165, 1.54) is 135 Å². The molecule has 0 aromatic rings. The summed E-state index contributed by atoms with van der Waals surface area (Å²) < 4.78 is 43.2. The Morgan fingerprint density at radius 3 is 1.02 bits per heavy atom. The molecule has 0 aromatic carbocycles. The standard InChI is InChI=1S/C36H70O7S.2Na.2H/c1-3-5-7-9-11-13-15-17-19-21-23-25-27-29-31-42-35(37)33-34(44(39,40)41)36(38)43-32-30-28-26-24-22-20-18-16-14-12-10-8-6-4-2;;;;/h34H,3-33H2,1-2H3,(H,39,40,41);;;;. The van der Waals surface area contributed by atoms with Gasteiger partial charge in [0.1, 0.15) is 0 Å². The third-order valence-corrected chi connectivity index (χ3v) is 9.56. The van der Waals surface area contributed by atoms with Gasteiger partial charge in [0.05, 0.1) is 19.6 Å². The second kappa shape index (κ2) is 38.6. The van der Waals surface area contributed by atoms with E-state index in [0.29, 0.717) is 12.8 Å². The van der Waals surface area contributed by atoms with E-state index in [2.05, 4.69) is 13.8 Å². The van der Waals surface area contributed by atoms with Crippen LogP contribution in [0.3, 0.4) is 0 Å². The first-order valence-corrected chi connectivity index (χ1v) is 20.1. The van der Waals surface area contributed by atoms with Gasteiger partial charge in [0.2, 0.25) is 0 Å². The molecule has 0 amide bonds. The van der Waals surface area contributed by atoms with E-state index in [-0.39, 0.29) is 72.3 Å². The second-order valence-electron chi connectivity index (χ2n) is 12.8. The van der Waals surface area contributed by atoms with Gasteiger partial charge >= 0.3 is 71.1 Å². The van der Waals surface area contributed by atoms with Gasteiger partial charge in [-0.25, -0.2) is 0 Å². The van der Waals surface area contributed by atoms with Crippen LogP contribution in [0.4, 0.5) is 0 Å². The zero-order valence-electron chi connectivity index (χ0n) is 28.8. The SMILES string of the molecule is CCCCCCCCCCCCCCCCOC(=O)CC(C(=O)OCCCCCCCCCCCCCCCC)S(=O)(=O)O.[NaH].[NaH]. The summed E-state index contributed by atoms with van der Waals surface area (Å²) in [4.78, 5) is 24.4. The number of hydrogen-bond donors (Lipinski definition) is 1. The van der Waals surface area contributed by atoms with Crippen LogP contribution >= 0.6 is 0 Å². The minimum absolute atomic E-state index is 0. The van der Waals surface area contributed by atoms with Crippen molar-refractivity contribution in [3.05, 3.63) is 0 Å². The van der Waals surface area contributed by atoms with Crippen molar-refractivity contribution in [1.82, 2.24) is 0 Å². The Labute approximate surface area is 329 Å². The molecule has 46 heavy (non-hydrogen) atoms. The molecule has 1 atom stereocenters. The normalized spacial score (nSPS) is 11.8. The number of carbonyl (C=O) groups excluding carboxylic acids is 2. The number of esters is 2. The number of unbranched alkanes of at least 4 members (excludes halogenated alkanes) is 26. The van der Waals surface area contributed by atoms with Crippen LogP contribution in [0.15, 0.2) is 0 Å². The Morgan fingerprint density at radius 2 is 0.739 bits per heavy atom. The van der Waals surface area contributed by atoms with Crippen LogP contribution in [-0.2, 0) is 29.2 Å². The zero-order chi connectivity index (χ0) is 32.6. The Balaban J connectivity index is -0.00000924. The van der Waals surface area contributed by atoms with Crippen molar-refractivity contribution in [2.24, 2.45) is 0 Å². The zero-order valence-corrected chi connectivity index (χ0v) is 29.6. The molecule has 0 radical (unpaired) electrons. The molecule has 10 heteroatoms. The first-order valence-electron chi connectivity index (χ1n) is 18.6. The molecule has 0 rings (SSSR count). The molecule has 0 spiro atoms. The molecular weight excluding hydrogens is 622 g/mol. The topological polar surface area (TPSA) is 107 Å². The van der Waals surface area contributed by atoms with Crippen molar-refractivity contribution in [2.75, 3.05) is 13.2 Å². The minimum atomic E-state index is -4.77. The van der Waals surface area contributed by atoms with E-state index in [9.17, 15) is 22.6 Å². The molecular formula is C36H72Na2O7S. The van der Waals surface area contributed by atoms with Gasteiger partial charge < -0.3 is 9.47 Å². The summed E-state index contributed by atoms with van der Waals surface area (Å²) in [5.41, 5.74) is 0. The summed E-state index contributed by atoms with van der Waals surface area (Å²) in [5.74, 6) is -1.90. The first-order chi connectivity index (χ1) is 21.3. The number of ether oxygens (including phenoxy) is 2. The van der Waals surface area contributed by atoms with E-state index in [1.807, 2.05) is 0 Å². The monoisotopic (exact) mass is 694 g/mol. The van der Waals surface area contributed by atoms with Gasteiger partial charge in [-0.15, -0.1) is 0 Å². The fourth-order valence-corrected chi connectivity index (χ4v) is 6.22. The van der Waals surface area contributed by atoms with Crippen molar-refractivity contribution in [1.29, 1.82) is 0 Å². The van der Waals surface area contributed by atoms with E-state index < -0.39 is 33.7 Å². The van der Waals surface area contributed by atoms with Crippen LogP contribution in [0.2, 0.25) is 0 Å². The maximum absolute atomic E-state index is 12.3. The Bertz CT molecular complexity index is 765. The molecule has 1 unspecified atom stereocenters. The molecule has 0 aliphatic carbocycles. The molecule has 0 aliphatic rings. The third kappa shape index (κ3) is 36.1. The molecule has 0 aromatic heterocycles. The molecule has 0 bridgehead atoms. The van der Waals surface area contributed by atoms with Gasteiger partial charge in [-0.1, -0.05) is 181 Å². The van der Waals surface area contributed by atoms with Crippen LogP contribution in [0.1, 0.15) is 200 Å². The summed E-state index contributed by atoms with van der Waals surface area (Å²) in [6.45, 7) is 4.76. The maximum atomic E-state index is 12.3. The fraction of sp³-hybridized carbons (Fsp3) is 0.944. The number of rotatable bonds is 34. The van der Waals surface area contributed by atoms with Crippen molar-refractivity contribution in [2.45, 2.75) is 205 Å². The molecule has 0 heterocycles. The van der Waals surface area contributed by atoms with E-state index in [0.717, 1.165) is 32.1 Å². The van der Waals surface area contributed by atoms with Crippen LogP contribution in [-0.4, -0.2) is 102 Å². The molecule has 266 valence electrons. The molecule has 0 saturated carbocycles. The molecule has 0 aliphatic heterocycles. The van der Waals surface area contributed by atoms with Gasteiger partial charge in [0.15, 0.2) is 5.25 Å². The summed E-state index contributed by atoms with van der Waals surface area (Å²) in [6, 6.07) is 0. The van der Waals surface area contributed by atoms with Gasteiger partial charge in [0.25, 0.3) is 10.1 Å². The van der Waals surface area contributed by atoms with Crippen LogP contribution < -0.4 is 0 Å². The van der Waals surface area contributed by atoms with E-state index >= 15 is 0 Å². The molecule has 0 saturated heterocycles. The van der Waals surface area contributed by atoms with Gasteiger partial charge in [-0.05, 0) is 12.8 Å². The Kier molecular flexibility index (Phi) is 43.0. The van der Waals surface area contributed by atoms with Gasteiger partial charge in [0, 0.05) is 0 Å². The summed E-state index contributed by atoms with van der Waals surface area (Å²) >= 11 is 0. The summed E-state index contributed by atoms with van der Waals surface area (Å²) in [6.07, 6.45) is 33.3. The average molecular weight is 695 g/mol. The first kappa shape index (κ1) is 51.2. The second-order valence-corrected chi connectivity index (χ2v) is 14.4. The van der Waals surface area contributed by atoms with Crippen LogP contribution in [0.5, 0.6) is 0 Å². The summed E-state index contributed by atoms with van der Waals surface area (Å²) in [7, 11) is -4.77. The molecule has 7 nitrogen and oxygen atoms in total. The number of hydrogen-bond acceptors (Lipinski definition) is 6. The van der Waals surface area contributed by atoms with E-state index in [4.69, 9.17) is 9.47 Å². The van der Waals surface area contributed by atoms with Crippen LogP contribution in [0.25, 0.3) is 0 Å². The average Bonchev–Trinajstić information content (AvgIpc) is 2.99. The van der Waals surface area contributed by atoms with Crippen molar-refractivity contribution >= 4 is 81.2 Å². The Morgan fingerprint density at radius 1 is 0.478 bits per heavy atom. The third-order valence-electron chi connectivity index (χ3n) is 8.48. The predicted molar refractivity (Wildman–Crippen MR) is 197 cm³/mol. The quantitative estimate of drug-likeness (QED) is 0.0310. The van der Waals surface area contributed by atoms with Gasteiger partial charge in [-0.3, -0.25) is 14.1 Å². The fourth-order valence-electron chi connectivity index (χ4n) is 5.57. The number of carbonyl (C=O) groups is 2. The Hall–Kier alpha value is 0.850. The van der Waals surface area contributed by atoms with Crippen molar-refractivity contribution in [3.63, 3.8) is 0 Å². The molecule has 0 fully saturated rings. The van der Waals surface area contributed by atoms with Gasteiger partial charge in [-0.2, -0.15) is 8.42 Å². The summed E-state index contributed by atoms with van der Waals surface area (Å²) in [5, 5.41) is -1.93. The van der Waals surface area contributed by atoms with Crippen molar-refractivity contribution in [3.8, 4) is 0 Å². The van der Waals surface area contributed by atoms with E-state index in [1.54, 1.807) is 0 Å². The molecule has 1 N–H and O–H groups in total. The van der Waals surface area contributed by atoms with Crippen molar-refractivity contribution < 1.29 is 32.0 Å². The van der Waals surface area contributed by atoms with Crippen LogP contribution in [0, 0.1) is 0 Å².